The molecular weight excluding hydrogens is 232 g/mol. The molecule has 0 aromatic carbocycles. The van der Waals surface area contributed by atoms with E-state index in [1.807, 2.05) is 29.1 Å². The Kier molecular flexibility index (Phi) is 4.08. The normalized spacial score (nSPS) is 10.5. The van der Waals surface area contributed by atoms with E-state index in [4.69, 9.17) is 5.73 Å². The summed E-state index contributed by atoms with van der Waals surface area (Å²) in [5, 5.41) is 10.4. The van der Waals surface area contributed by atoms with Gasteiger partial charge < -0.3 is 15.6 Å². The number of hydrogen-bond acceptors (Lipinski definition) is 4. The standard InChI is InChI=1S/C11H16N6O/c12-7-10-8-17(15-14-10)9-11(18)13-3-6-16-4-1-2-5-16/h1-2,4-5,8H,3,6-7,9,12H2,(H,13,18). The third kappa shape index (κ3) is 3.42. The number of rotatable bonds is 6. The molecule has 3 N–H and O–H groups in total. The first kappa shape index (κ1) is 12.3. The highest BCUT2D eigenvalue weighted by atomic mass is 16.2. The fourth-order valence-corrected chi connectivity index (χ4v) is 1.56. The van der Waals surface area contributed by atoms with Crippen molar-refractivity contribution in [3.05, 3.63) is 36.4 Å². The van der Waals surface area contributed by atoms with E-state index in [0.29, 0.717) is 18.8 Å². The SMILES string of the molecule is NCc1cn(CC(=O)NCCn2cccc2)nn1. The van der Waals surface area contributed by atoms with Crippen molar-refractivity contribution in [2.45, 2.75) is 19.6 Å². The van der Waals surface area contributed by atoms with E-state index in [9.17, 15) is 4.79 Å². The molecule has 0 aliphatic heterocycles. The molecule has 7 nitrogen and oxygen atoms in total. The molecule has 2 aromatic rings. The molecule has 2 heterocycles. The summed E-state index contributed by atoms with van der Waals surface area (Å²) in [5.74, 6) is -0.0874. The molecule has 0 spiro atoms. The van der Waals surface area contributed by atoms with Crippen molar-refractivity contribution < 1.29 is 4.79 Å². The second-order valence-electron chi connectivity index (χ2n) is 3.88. The fraction of sp³-hybridized carbons (Fsp3) is 0.364. The summed E-state index contributed by atoms with van der Waals surface area (Å²) < 4.78 is 3.48. The molecule has 2 aromatic heterocycles. The third-order valence-electron chi connectivity index (χ3n) is 2.46. The third-order valence-corrected chi connectivity index (χ3v) is 2.46. The minimum atomic E-state index is -0.0874. The van der Waals surface area contributed by atoms with Gasteiger partial charge in [-0.3, -0.25) is 4.79 Å². The van der Waals surface area contributed by atoms with Gasteiger partial charge in [0.05, 0.1) is 11.9 Å². The lowest BCUT2D eigenvalue weighted by molar-refractivity contribution is -0.121. The Hall–Kier alpha value is -2.15. The molecule has 0 saturated heterocycles. The summed E-state index contributed by atoms with van der Waals surface area (Å²) in [5.41, 5.74) is 6.09. The number of hydrogen-bond donors (Lipinski definition) is 2. The summed E-state index contributed by atoms with van der Waals surface area (Å²) >= 11 is 0. The Morgan fingerprint density at radius 1 is 1.39 bits per heavy atom. The van der Waals surface area contributed by atoms with Crippen LogP contribution >= 0.6 is 0 Å². The monoisotopic (exact) mass is 248 g/mol. The van der Waals surface area contributed by atoms with Crippen LogP contribution in [0.25, 0.3) is 0 Å². The molecular formula is C11H16N6O. The predicted molar refractivity (Wildman–Crippen MR) is 65.4 cm³/mol. The Morgan fingerprint density at radius 3 is 2.83 bits per heavy atom. The topological polar surface area (TPSA) is 90.8 Å². The van der Waals surface area contributed by atoms with E-state index in [1.54, 1.807) is 6.20 Å². The van der Waals surface area contributed by atoms with Crippen molar-refractivity contribution in [1.82, 2.24) is 24.9 Å². The Bertz CT molecular complexity index is 489. The van der Waals surface area contributed by atoms with Crippen LogP contribution in [-0.4, -0.2) is 32.0 Å². The van der Waals surface area contributed by atoms with Gasteiger partial charge in [-0.1, -0.05) is 5.21 Å². The molecule has 0 radical (unpaired) electrons. The maximum atomic E-state index is 11.6. The van der Waals surface area contributed by atoms with Crippen molar-refractivity contribution in [2.75, 3.05) is 6.54 Å². The first-order valence-corrected chi connectivity index (χ1v) is 5.74. The quantitative estimate of drug-likeness (QED) is 0.711. The van der Waals surface area contributed by atoms with Gasteiger partial charge in [-0.25, -0.2) is 4.68 Å². The smallest absolute Gasteiger partial charge is 0.241 e. The minimum Gasteiger partial charge on any atom is -0.353 e. The van der Waals surface area contributed by atoms with E-state index in [0.717, 1.165) is 6.54 Å². The summed E-state index contributed by atoms with van der Waals surface area (Å²) in [7, 11) is 0. The van der Waals surface area contributed by atoms with Gasteiger partial charge in [-0.2, -0.15) is 0 Å². The molecule has 0 aliphatic carbocycles. The lowest BCUT2D eigenvalue weighted by Gasteiger charge is -2.05. The van der Waals surface area contributed by atoms with Gasteiger partial charge in [0.25, 0.3) is 0 Å². The minimum absolute atomic E-state index is 0.0874. The molecule has 0 saturated carbocycles. The van der Waals surface area contributed by atoms with Crippen molar-refractivity contribution in [3.63, 3.8) is 0 Å². The zero-order valence-electron chi connectivity index (χ0n) is 9.99. The number of carbonyl (C=O) groups excluding carboxylic acids is 1. The van der Waals surface area contributed by atoms with E-state index in [-0.39, 0.29) is 12.5 Å². The highest BCUT2D eigenvalue weighted by molar-refractivity contribution is 5.75. The Labute approximate surface area is 105 Å². The van der Waals surface area contributed by atoms with Gasteiger partial charge in [-0.15, -0.1) is 5.10 Å². The highest BCUT2D eigenvalue weighted by Gasteiger charge is 2.04. The fourth-order valence-electron chi connectivity index (χ4n) is 1.56. The first-order chi connectivity index (χ1) is 8.78. The van der Waals surface area contributed by atoms with Crippen molar-refractivity contribution in [3.8, 4) is 0 Å². The van der Waals surface area contributed by atoms with Gasteiger partial charge >= 0.3 is 0 Å². The van der Waals surface area contributed by atoms with Crippen LogP contribution in [-0.2, 0) is 24.4 Å². The van der Waals surface area contributed by atoms with Gasteiger partial charge in [0.1, 0.15) is 6.54 Å². The van der Waals surface area contributed by atoms with Gasteiger partial charge in [0, 0.05) is 32.0 Å². The predicted octanol–water partition coefficient (Wildman–Crippen LogP) is -0.645. The largest absolute Gasteiger partial charge is 0.353 e. The van der Waals surface area contributed by atoms with E-state index >= 15 is 0 Å². The van der Waals surface area contributed by atoms with Crippen LogP contribution < -0.4 is 11.1 Å². The van der Waals surface area contributed by atoms with Gasteiger partial charge in [0.15, 0.2) is 0 Å². The molecule has 0 atom stereocenters. The van der Waals surface area contributed by atoms with Crippen LogP contribution in [0.5, 0.6) is 0 Å². The average Bonchev–Trinajstić information content (AvgIpc) is 3.00. The number of amides is 1. The molecule has 2 rings (SSSR count). The molecule has 1 amide bonds. The summed E-state index contributed by atoms with van der Waals surface area (Å²) in [6.45, 7) is 1.84. The van der Waals surface area contributed by atoms with Gasteiger partial charge in [0.2, 0.25) is 5.91 Å². The molecule has 7 heteroatoms. The lowest BCUT2D eigenvalue weighted by atomic mass is 10.5. The maximum Gasteiger partial charge on any atom is 0.241 e. The Morgan fingerprint density at radius 2 is 2.17 bits per heavy atom. The van der Waals surface area contributed by atoms with Crippen LogP contribution in [0.4, 0.5) is 0 Å². The van der Waals surface area contributed by atoms with E-state index in [2.05, 4.69) is 15.6 Å². The maximum absolute atomic E-state index is 11.6. The summed E-state index contributed by atoms with van der Waals surface area (Å²) in [6, 6.07) is 3.90. The van der Waals surface area contributed by atoms with Crippen LogP contribution in [0, 0.1) is 0 Å². The average molecular weight is 248 g/mol. The molecule has 96 valence electrons. The number of nitrogens with one attached hydrogen (secondary N) is 1. The summed E-state index contributed by atoms with van der Waals surface area (Å²) in [4.78, 5) is 11.6. The lowest BCUT2D eigenvalue weighted by Crippen LogP contribution is -2.30. The van der Waals surface area contributed by atoms with Crippen LogP contribution in [0.15, 0.2) is 30.7 Å². The van der Waals surface area contributed by atoms with Crippen LogP contribution in [0.1, 0.15) is 5.69 Å². The van der Waals surface area contributed by atoms with Crippen molar-refractivity contribution in [1.29, 1.82) is 0 Å². The highest BCUT2D eigenvalue weighted by Crippen LogP contribution is 1.91. The van der Waals surface area contributed by atoms with E-state index < -0.39 is 0 Å². The first-order valence-electron chi connectivity index (χ1n) is 5.74. The Balaban J connectivity index is 1.71. The van der Waals surface area contributed by atoms with Crippen LogP contribution in [0.2, 0.25) is 0 Å². The molecule has 0 fully saturated rings. The second-order valence-corrected chi connectivity index (χ2v) is 3.88. The number of nitrogens with zero attached hydrogens (tertiary/aromatic N) is 4. The zero-order valence-corrected chi connectivity index (χ0v) is 9.99. The molecule has 0 bridgehead atoms. The van der Waals surface area contributed by atoms with Crippen molar-refractivity contribution in [2.24, 2.45) is 5.73 Å². The summed E-state index contributed by atoms with van der Waals surface area (Å²) in [6.07, 6.45) is 5.58. The zero-order chi connectivity index (χ0) is 12.8. The van der Waals surface area contributed by atoms with Crippen LogP contribution in [0.3, 0.4) is 0 Å². The molecule has 0 unspecified atom stereocenters. The van der Waals surface area contributed by atoms with Gasteiger partial charge in [-0.05, 0) is 12.1 Å². The second kappa shape index (κ2) is 5.97. The number of carbonyl (C=O) groups is 1. The molecule has 18 heavy (non-hydrogen) atoms. The number of aromatic nitrogens is 4. The molecule has 0 aliphatic rings. The van der Waals surface area contributed by atoms with Crippen molar-refractivity contribution >= 4 is 5.91 Å². The number of nitrogens with two attached hydrogens (primary N) is 1. The van der Waals surface area contributed by atoms with E-state index in [1.165, 1.54) is 4.68 Å².